The Balaban J connectivity index is 2.19. The Labute approximate surface area is 129 Å². The largest absolute Gasteiger partial charge is 0.297 e. The fourth-order valence-corrected chi connectivity index (χ4v) is 3.63. The van der Waals surface area contributed by atoms with E-state index in [9.17, 15) is 0 Å². The maximum Gasteiger partial charge on any atom is 0.0638 e. The van der Waals surface area contributed by atoms with Crippen molar-refractivity contribution < 1.29 is 0 Å². The minimum absolute atomic E-state index is 0.0176. The van der Waals surface area contributed by atoms with Crippen LogP contribution in [0.5, 0.6) is 0 Å². The van der Waals surface area contributed by atoms with Gasteiger partial charge in [0, 0.05) is 5.54 Å². The highest BCUT2D eigenvalue weighted by Crippen LogP contribution is 2.37. The van der Waals surface area contributed by atoms with Crippen LogP contribution < -0.4 is 11.3 Å². The fraction of sp³-hybridized carbons (Fsp3) is 0.667. The smallest absolute Gasteiger partial charge is 0.0638 e. The molecule has 1 aromatic rings. The molecule has 118 valence electrons. The van der Waals surface area contributed by atoms with Gasteiger partial charge in [0.05, 0.1) is 6.04 Å². The molecule has 0 aliphatic heterocycles. The topological polar surface area (TPSA) is 41.3 Å². The molecule has 3 N–H and O–H groups in total. The first-order chi connectivity index (χ1) is 10.0. The molecule has 0 aromatic heterocycles. The van der Waals surface area contributed by atoms with Gasteiger partial charge in [0.2, 0.25) is 0 Å². The molecule has 0 saturated heterocycles. The standard InChI is InChI=1S/C18H31N3/c1-5-21(6-2)18(3,4)17(20-19)16-12-10-15(11-13-16)14-8-7-9-14/h10-14,17,20H,5-9,19H2,1-4H3. The van der Waals surface area contributed by atoms with Crippen molar-refractivity contribution in [2.75, 3.05) is 13.1 Å². The van der Waals surface area contributed by atoms with E-state index >= 15 is 0 Å². The van der Waals surface area contributed by atoms with Gasteiger partial charge in [0.25, 0.3) is 0 Å². The lowest BCUT2D eigenvalue weighted by molar-refractivity contribution is 0.0912. The molecule has 0 radical (unpaired) electrons. The van der Waals surface area contributed by atoms with Crippen molar-refractivity contribution in [2.24, 2.45) is 5.84 Å². The van der Waals surface area contributed by atoms with E-state index in [2.05, 4.69) is 62.3 Å². The van der Waals surface area contributed by atoms with Crippen LogP contribution >= 0.6 is 0 Å². The van der Waals surface area contributed by atoms with Crippen molar-refractivity contribution in [1.29, 1.82) is 0 Å². The lowest BCUT2D eigenvalue weighted by atomic mass is 9.79. The van der Waals surface area contributed by atoms with Crippen LogP contribution in [0.3, 0.4) is 0 Å². The summed E-state index contributed by atoms with van der Waals surface area (Å²) in [6.07, 6.45) is 4.08. The number of likely N-dealkylation sites (N-methyl/N-ethyl adjacent to an activating group) is 1. The van der Waals surface area contributed by atoms with Crippen LogP contribution in [0.4, 0.5) is 0 Å². The normalized spacial score (nSPS) is 17.8. The van der Waals surface area contributed by atoms with Crippen LogP contribution in [0, 0.1) is 0 Å². The van der Waals surface area contributed by atoms with E-state index < -0.39 is 0 Å². The van der Waals surface area contributed by atoms with Crippen molar-refractivity contribution in [3.05, 3.63) is 35.4 Å². The summed E-state index contributed by atoms with van der Waals surface area (Å²) in [7, 11) is 0. The zero-order valence-electron chi connectivity index (χ0n) is 14.0. The van der Waals surface area contributed by atoms with Crippen LogP contribution in [0.1, 0.15) is 70.0 Å². The maximum atomic E-state index is 5.90. The lowest BCUT2D eigenvalue weighted by Crippen LogP contribution is -2.54. The summed E-state index contributed by atoms with van der Waals surface area (Å²) in [6, 6.07) is 9.23. The number of nitrogens with two attached hydrogens (primary N) is 1. The molecule has 0 amide bonds. The molecule has 1 unspecified atom stereocenters. The summed E-state index contributed by atoms with van der Waals surface area (Å²) in [5, 5.41) is 0. The minimum Gasteiger partial charge on any atom is -0.297 e. The molecule has 1 aromatic carbocycles. The summed E-state index contributed by atoms with van der Waals surface area (Å²) in [6.45, 7) is 11.0. The second-order valence-electron chi connectivity index (χ2n) is 6.72. The third kappa shape index (κ3) is 3.31. The molecule has 1 atom stereocenters. The third-order valence-electron chi connectivity index (χ3n) is 5.30. The summed E-state index contributed by atoms with van der Waals surface area (Å²) >= 11 is 0. The first kappa shape index (κ1) is 16.5. The summed E-state index contributed by atoms with van der Waals surface area (Å²) in [4.78, 5) is 2.46. The average molecular weight is 289 g/mol. The summed E-state index contributed by atoms with van der Waals surface area (Å²) < 4.78 is 0. The Bertz CT molecular complexity index is 430. The van der Waals surface area contributed by atoms with Crippen molar-refractivity contribution in [3.8, 4) is 0 Å². The highest BCUT2D eigenvalue weighted by atomic mass is 15.3. The van der Waals surface area contributed by atoms with E-state index in [1.54, 1.807) is 0 Å². The van der Waals surface area contributed by atoms with Gasteiger partial charge in [-0.05, 0) is 56.8 Å². The Morgan fingerprint density at radius 2 is 1.76 bits per heavy atom. The SMILES string of the molecule is CCN(CC)C(C)(C)C(NN)c1ccc(C2CCC2)cc1. The zero-order valence-corrected chi connectivity index (χ0v) is 14.0. The van der Waals surface area contributed by atoms with E-state index in [0.717, 1.165) is 19.0 Å². The zero-order chi connectivity index (χ0) is 15.5. The van der Waals surface area contributed by atoms with Crippen molar-refractivity contribution in [2.45, 2.75) is 64.5 Å². The average Bonchev–Trinajstić information content (AvgIpc) is 2.40. The monoisotopic (exact) mass is 289 g/mol. The molecule has 3 nitrogen and oxygen atoms in total. The van der Waals surface area contributed by atoms with Gasteiger partial charge in [0.15, 0.2) is 0 Å². The van der Waals surface area contributed by atoms with Crippen molar-refractivity contribution >= 4 is 0 Å². The summed E-state index contributed by atoms with van der Waals surface area (Å²) in [5.74, 6) is 6.69. The number of hydrazine groups is 1. The van der Waals surface area contributed by atoms with Gasteiger partial charge in [-0.15, -0.1) is 0 Å². The minimum atomic E-state index is -0.0176. The molecule has 2 rings (SSSR count). The number of nitrogens with zero attached hydrogens (tertiary/aromatic N) is 1. The van der Waals surface area contributed by atoms with Gasteiger partial charge >= 0.3 is 0 Å². The molecule has 3 heteroatoms. The number of hydrogen-bond acceptors (Lipinski definition) is 3. The first-order valence-electron chi connectivity index (χ1n) is 8.35. The molecule has 0 bridgehead atoms. The number of rotatable bonds is 7. The van der Waals surface area contributed by atoms with Crippen molar-refractivity contribution in [1.82, 2.24) is 10.3 Å². The van der Waals surface area contributed by atoms with E-state index in [4.69, 9.17) is 5.84 Å². The predicted molar refractivity (Wildman–Crippen MR) is 90.1 cm³/mol. The third-order valence-corrected chi connectivity index (χ3v) is 5.30. The quantitative estimate of drug-likeness (QED) is 0.595. The molecular formula is C18H31N3. The number of benzene rings is 1. The van der Waals surface area contributed by atoms with E-state index in [1.165, 1.54) is 30.4 Å². The van der Waals surface area contributed by atoms with E-state index in [-0.39, 0.29) is 11.6 Å². The first-order valence-corrected chi connectivity index (χ1v) is 8.35. The lowest BCUT2D eigenvalue weighted by Gasteiger charge is -2.43. The molecule has 1 aliphatic rings. The number of hydrogen-bond donors (Lipinski definition) is 2. The van der Waals surface area contributed by atoms with E-state index in [0.29, 0.717) is 0 Å². The molecule has 21 heavy (non-hydrogen) atoms. The molecule has 1 aliphatic carbocycles. The highest BCUT2D eigenvalue weighted by molar-refractivity contribution is 5.30. The van der Waals surface area contributed by atoms with Crippen LogP contribution in [-0.2, 0) is 0 Å². The van der Waals surface area contributed by atoms with Crippen LogP contribution in [0.25, 0.3) is 0 Å². The second-order valence-corrected chi connectivity index (χ2v) is 6.72. The Hall–Kier alpha value is -0.900. The number of nitrogens with one attached hydrogen (secondary N) is 1. The second kappa shape index (κ2) is 6.91. The van der Waals surface area contributed by atoms with Gasteiger partial charge in [0.1, 0.15) is 0 Å². The summed E-state index contributed by atoms with van der Waals surface area (Å²) in [5.41, 5.74) is 5.79. The van der Waals surface area contributed by atoms with Gasteiger partial charge < -0.3 is 0 Å². The van der Waals surface area contributed by atoms with E-state index in [1.807, 2.05) is 0 Å². The highest BCUT2D eigenvalue weighted by Gasteiger charge is 2.34. The fourth-order valence-electron chi connectivity index (χ4n) is 3.63. The van der Waals surface area contributed by atoms with Crippen LogP contribution in [0.2, 0.25) is 0 Å². The van der Waals surface area contributed by atoms with Gasteiger partial charge in [-0.25, -0.2) is 0 Å². The Kier molecular flexibility index (Phi) is 5.42. The Morgan fingerprint density at radius 1 is 1.19 bits per heavy atom. The van der Waals surface area contributed by atoms with Gasteiger partial charge in [-0.1, -0.05) is 44.5 Å². The molecular weight excluding hydrogens is 258 g/mol. The molecule has 1 saturated carbocycles. The van der Waals surface area contributed by atoms with Crippen molar-refractivity contribution in [3.63, 3.8) is 0 Å². The van der Waals surface area contributed by atoms with Gasteiger partial charge in [-0.2, -0.15) is 0 Å². The maximum absolute atomic E-state index is 5.90. The molecule has 1 fully saturated rings. The molecule has 0 spiro atoms. The van der Waals surface area contributed by atoms with Crippen LogP contribution in [-0.4, -0.2) is 23.5 Å². The van der Waals surface area contributed by atoms with Gasteiger partial charge in [-0.3, -0.25) is 16.2 Å². The van der Waals surface area contributed by atoms with Crippen LogP contribution in [0.15, 0.2) is 24.3 Å². The molecule has 0 heterocycles. The predicted octanol–water partition coefficient (Wildman–Crippen LogP) is 3.58. The Morgan fingerprint density at radius 3 is 2.14 bits per heavy atom.